The lowest BCUT2D eigenvalue weighted by Crippen LogP contribution is -2.34. The molecule has 0 unspecified atom stereocenters. The molecule has 1 fully saturated rings. The van der Waals surface area contributed by atoms with Gasteiger partial charge < -0.3 is 9.84 Å². The highest BCUT2D eigenvalue weighted by Crippen LogP contribution is 2.20. The summed E-state index contributed by atoms with van der Waals surface area (Å²) in [6, 6.07) is 0. The Labute approximate surface area is 115 Å². The molecule has 2 heterocycles. The van der Waals surface area contributed by atoms with Crippen molar-refractivity contribution in [2.75, 3.05) is 26.7 Å². The summed E-state index contributed by atoms with van der Waals surface area (Å²) in [6.07, 6.45) is 5.83. The molecular weight excluding hydrogens is 240 g/mol. The summed E-state index contributed by atoms with van der Waals surface area (Å²) in [6.45, 7) is 6.42. The predicted molar refractivity (Wildman–Crippen MR) is 74.8 cm³/mol. The molecule has 1 aromatic heterocycles. The predicted octanol–water partition coefficient (Wildman–Crippen LogP) is 1.84. The van der Waals surface area contributed by atoms with E-state index < -0.39 is 0 Å². The monoisotopic (exact) mass is 266 g/mol. The molecule has 1 aliphatic rings. The Hall–Kier alpha value is -0.940. The van der Waals surface area contributed by atoms with Gasteiger partial charge in [0.1, 0.15) is 0 Å². The van der Waals surface area contributed by atoms with E-state index in [1.165, 1.54) is 19.3 Å². The zero-order valence-electron chi connectivity index (χ0n) is 12.2. The van der Waals surface area contributed by atoms with Gasteiger partial charge in [0.05, 0.1) is 6.54 Å². The van der Waals surface area contributed by atoms with Crippen LogP contribution in [-0.4, -0.2) is 41.7 Å². The Morgan fingerprint density at radius 3 is 2.84 bits per heavy atom. The molecule has 1 aliphatic heterocycles. The van der Waals surface area contributed by atoms with Crippen LogP contribution in [0.5, 0.6) is 0 Å². The Kier molecular flexibility index (Phi) is 5.79. The van der Waals surface area contributed by atoms with Gasteiger partial charge in [-0.15, -0.1) is 0 Å². The third kappa shape index (κ3) is 4.58. The maximum absolute atomic E-state index is 5.22. The van der Waals surface area contributed by atoms with Crippen LogP contribution in [0, 0.1) is 5.92 Å². The van der Waals surface area contributed by atoms with Crippen LogP contribution in [0.4, 0.5) is 0 Å². The molecular formula is C14H26N4O. The summed E-state index contributed by atoms with van der Waals surface area (Å²) in [7, 11) is 2.03. The highest BCUT2D eigenvalue weighted by Gasteiger charge is 2.20. The van der Waals surface area contributed by atoms with Crippen LogP contribution in [0.3, 0.4) is 0 Å². The van der Waals surface area contributed by atoms with Crippen LogP contribution in [0.2, 0.25) is 0 Å². The van der Waals surface area contributed by atoms with E-state index in [-0.39, 0.29) is 0 Å². The van der Waals surface area contributed by atoms with E-state index >= 15 is 0 Å². The van der Waals surface area contributed by atoms with Crippen molar-refractivity contribution in [3.63, 3.8) is 0 Å². The Bertz CT molecular complexity index is 358. The first-order chi connectivity index (χ1) is 9.31. The molecule has 2 rings (SSSR count). The molecule has 0 radical (unpaired) electrons. The van der Waals surface area contributed by atoms with Gasteiger partial charge in [0.25, 0.3) is 0 Å². The fourth-order valence-electron chi connectivity index (χ4n) is 2.65. The first kappa shape index (κ1) is 14.5. The summed E-state index contributed by atoms with van der Waals surface area (Å²) in [5.74, 6) is 2.50. The fourth-order valence-corrected chi connectivity index (χ4v) is 2.65. The summed E-state index contributed by atoms with van der Waals surface area (Å²) in [5, 5.41) is 7.29. The number of nitrogens with zero attached hydrogens (tertiary/aromatic N) is 3. The van der Waals surface area contributed by atoms with E-state index in [0.717, 1.165) is 56.7 Å². The van der Waals surface area contributed by atoms with Crippen molar-refractivity contribution in [2.45, 2.75) is 45.6 Å². The van der Waals surface area contributed by atoms with Gasteiger partial charge in [-0.1, -0.05) is 12.1 Å². The quantitative estimate of drug-likeness (QED) is 0.816. The first-order valence-electron chi connectivity index (χ1n) is 7.50. The number of hydrogen-bond acceptors (Lipinski definition) is 5. The SMILES string of the molecule is CCCc1nc(CN2CCC(CCNC)CC2)no1. The van der Waals surface area contributed by atoms with Gasteiger partial charge in [0.2, 0.25) is 5.89 Å². The van der Waals surface area contributed by atoms with Gasteiger partial charge in [0.15, 0.2) is 5.82 Å². The number of hydrogen-bond donors (Lipinski definition) is 1. The van der Waals surface area contributed by atoms with Crippen molar-refractivity contribution in [1.29, 1.82) is 0 Å². The fraction of sp³-hybridized carbons (Fsp3) is 0.857. The Balaban J connectivity index is 1.72. The second-order valence-electron chi connectivity index (χ2n) is 5.47. The average molecular weight is 266 g/mol. The maximum atomic E-state index is 5.22. The summed E-state index contributed by atoms with van der Waals surface area (Å²) in [5.41, 5.74) is 0. The minimum Gasteiger partial charge on any atom is -0.339 e. The number of piperidine rings is 1. The first-order valence-corrected chi connectivity index (χ1v) is 7.50. The molecule has 1 saturated heterocycles. The van der Waals surface area contributed by atoms with Crippen LogP contribution in [0.15, 0.2) is 4.52 Å². The average Bonchev–Trinajstić information content (AvgIpc) is 2.86. The largest absolute Gasteiger partial charge is 0.339 e. The number of aromatic nitrogens is 2. The lowest BCUT2D eigenvalue weighted by atomic mass is 9.93. The summed E-state index contributed by atoms with van der Waals surface area (Å²) in [4.78, 5) is 6.87. The molecule has 5 nitrogen and oxygen atoms in total. The van der Waals surface area contributed by atoms with E-state index in [4.69, 9.17) is 4.52 Å². The standard InChI is InChI=1S/C14H26N4O/c1-3-4-14-16-13(17-19-14)11-18-9-6-12(7-10-18)5-8-15-2/h12,15H,3-11H2,1-2H3. The highest BCUT2D eigenvalue weighted by atomic mass is 16.5. The molecule has 1 aromatic rings. The molecule has 1 N–H and O–H groups in total. The summed E-state index contributed by atoms with van der Waals surface area (Å²) >= 11 is 0. The Morgan fingerprint density at radius 2 is 2.16 bits per heavy atom. The molecule has 19 heavy (non-hydrogen) atoms. The topological polar surface area (TPSA) is 54.2 Å². The van der Waals surface area contributed by atoms with Crippen molar-refractivity contribution in [2.24, 2.45) is 5.92 Å². The van der Waals surface area contributed by atoms with Crippen LogP contribution >= 0.6 is 0 Å². The van der Waals surface area contributed by atoms with Gasteiger partial charge in [-0.3, -0.25) is 4.90 Å². The van der Waals surface area contributed by atoms with E-state index in [1.807, 2.05) is 7.05 Å². The molecule has 5 heteroatoms. The third-order valence-corrected chi connectivity index (χ3v) is 3.85. The Morgan fingerprint density at radius 1 is 1.37 bits per heavy atom. The molecule has 108 valence electrons. The number of rotatable bonds is 7. The van der Waals surface area contributed by atoms with Gasteiger partial charge in [-0.2, -0.15) is 4.98 Å². The van der Waals surface area contributed by atoms with Crippen LogP contribution < -0.4 is 5.32 Å². The van der Waals surface area contributed by atoms with E-state index in [0.29, 0.717) is 0 Å². The van der Waals surface area contributed by atoms with Crippen LogP contribution in [-0.2, 0) is 13.0 Å². The molecule has 0 amide bonds. The lowest BCUT2D eigenvalue weighted by molar-refractivity contribution is 0.167. The summed E-state index contributed by atoms with van der Waals surface area (Å²) < 4.78 is 5.22. The van der Waals surface area contributed by atoms with Gasteiger partial charge in [-0.25, -0.2) is 0 Å². The second-order valence-corrected chi connectivity index (χ2v) is 5.47. The smallest absolute Gasteiger partial charge is 0.226 e. The van der Waals surface area contributed by atoms with Crippen LogP contribution in [0.25, 0.3) is 0 Å². The van der Waals surface area contributed by atoms with Crippen molar-refractivity contribution in [1.82, 2.24) is 20.4 Å². The molecule has 0 aromatic carbocycles. The van der Waals surface area contributed by atoms with Crippen molar-refractivity contribution < 1.29 is 4.52 Å². The van der Waals surface area contributed by atoms with Gasteiger partial charge in [-0.05, 0) is 58.3 Å². The zero-order valence-corrected chi connectivity index (χ0v) is 12.2. The van der Waals surface area contributed by atoms with Crippen molar-refractivity contribution in [3.8, 4) is 0 Å². The number of likely N-dealkylation sites (tertiary alicyclic amines) is 1. The van der Waals surface area contributed by atoms with E-state index in [2.05, 4.69) is 27.3 Å². The van der Waals surface area contributed by atoms with Gasteiger partial charge >= 0.3 is 0 Å². The van der Waals surface area contributed by atoms with Crippen LogP contribution in [0.1, 0.15) is 44.3 Å². The molecule has 0 bridgehead atoms. The third-order valence-electron chi connectivity index (χ3n) is 3.85. The maximum Gasteiger partial charge on any atom is 0.226 e. The van der Waals surface area contributed by atoms with Gasteiger partial charge in [0, 0.05) is 6.42 Å². The molecule has 0 spiro atoms. The van der Waals surface area contributed by atoms with E-state index in [9.17, 15) is 0 Å². The lowest BCUT2D eigenvalue weighted by Gasteiger charge is -2.31. The van der Waals surface area contributed by atoms with Crippen molar-refractivity contribution >= 4 is 0 Å². The van der Waals surface area contributed by atoms with E-state index in [1.54, 1.807) is 0 Å². The number of aryl methyl sites for hydroxylation is 1. The molecule has 0 atom stereocenters. The minimum atomic E-state index is 0.779. The highest BCUT2D eigenvalue weighted by molar-refractivity contribution is 4.87. The second kappa shape index (κ2) is 7.60. The molecule has 0 saturated carbocycles. The van der Waals surface area contributed by atoms with Crippen molar-refractivity contribution in [3.05, 3.63) is 11.7 Å². The molecule has 0 aliphatic carbocycles. The number of nitrogens with one attached hydrogen (secondary N) is 1. The minimum absolute atomic E-state index is 0.779. The zero-order chi connectivity index (χ0) is 13.5. The normalized spacial score (nSPS) is 18.0.